The van der Waals surface area contributed by atoms with Gasteiger partial charge < -0.3 is 10.0 Å². The number of hydrogen-bond acceptors (Lipinski definition) is 6. The minimum absolute atomic E-state index is 0.252. The average Bonchev–Trinajstić information content (AvgIpc) is 2.82. The summed E-state index contributed by atoms with van der Waals surface area (Å²) in [6.07, 6.45) is 3.18. The van der Waals surface area contributed by atoms with Crippen molar-refractivity contribution in [1.29, 1.82) is 0 Å². The lowest BCUT2D eigenvalue weighted by atomic mass is 9.97. The van der Waals surface area contributed by atoms with Crippen molar-refractivity contribution in [2.45, 2.75) is 17.7 Å². The molecule has 0 amide bonds. The molecule has 0 saturated carbocycles. The maximum Gasteiger partial charge on any atom is 0.240 e. The summed E-state index contributed by atoms with van der Waals surface area (Å²) in [4.78, 5) is 18.2. The van der Waals surface area contributed by atoms with Crippen LogP contribution in [0, 0.1) is 5.92 Å². The Morgan fingerprint density at radius 1 is 1.06 bits per heavy atom. The van der Waals surface area contributed by atoms with Crippen LogP contribution >= 0.6 is 0 Å². The van der Waals surface area contributed by atoms with Crippen LogP contribution in [0.4, 0.5) is 5.82 Å². The monoisotopic (exact) mass is 439 g/mol. The molecule has 162 valence electrons. The summed E-state index contributed by atoms with van der Waals surface area (Å²) in [5, 5.41) is 10.8. The molecule has 1 aliphatic rings. The van der Waals surface area contributed by atoms with Crippen LogP contribution in [0.1, 0.15) is 23.2 Å². The number of Topliss-reactive ketones (excluding diaryl/α,β-unsaturated/α-hetero) is 1. The molecule has 1 aliphatic heterocycles. The van der Waals surface area contributed by atoms with E-state index in [-0.39, 0.29) is 16.6 Å². The number of nitrogens with zero attached hydrogens (tertiary/aromatic N) is 2. The third-order valence-corrected chi connectivity index (χ3v) is 7.17. The first-order chi connectivity index (χ1) is 15.0. The normalized spacial score (nSPS) is 15.3. The van der Waals surface area contributed by atoms with Crippen molar-refractivity contribution < 1.29 is 18.3 Å². The number of piperidine rings is 1. The molecule has 31 heavy (non-hydrogen) atoms. The maximum atomic E-state index is 12.7. The Labute approximate surface area is 181 Å². The van der Waals surface area contributed by atoms with Crippen LogP contribution in [0.15, 0.2) is 65.7 Å². The summed E-state index contributed by atoms with van der Waals surface area (Å²) in [5.41, 5.74) is 0.393. The summed E-state index contributed by atoms with van der Waals surface area (Å²) in [6, 6.07) is 16.3. The van der Waals surface area contributed by atoms with Crippen LogP contribution in [-0.4, -0.2) is 50.5 Å². The number of anilines is 1. The Hall–Kier alpha value is -2.81. The van der Waals surface area contributed by atoms with E-state index in [1.54, 1.807) is 24.3 Å². The van der Waals surface area contributed by atoms with Gasteiger partial charge in [0.05, 0.1) is 4.90 Å². The topological polar surface area (TPSA) is 99.6 Å². The SMILES string of the molecule is O=C(CO)c1ccc(N2CCC(CNS(=O)(=O)c3ccc4ccccc4c3)CC2)nc1. The van der Waals surface area contributed by atoms with Crippen molar-refractivity contribution in [2.24, 2.45) is 5.92 Å². The largest absolute Gasteiger partial charge is 0.388 e. The molecule has 2 heterocycles. The zero-order valence-corrected chi connectivity index (χ0v) is 17.9. The molecule has 0 unspecified atom stereocenters. The Morgan fingerprint density at radius 2 is 1.81 bits per heavy atom. The number of nitrogens with one attached hydrogen (secondary N) is 1. The number of carbonyl (C=O) groups excluding carboxylic acids is 1. The van der Waals surface area contributed by atoms with Gasteiger partial charge in [0.25, 0.3) is 0 Å². The fourth-order valence-electron chi connectivity index (χ4n) is 3.84. The van der Waals surface area contributed by atoms with Gasteiger partial charge in [-0.15, -0.1) is 0 Å². The minimum atomic E-state index is -3.56. The quantitative estimate of drug-likeness (QED) is 0.549. The molecule has 0 aliphatic carbocycles. The van der Waals surface area contributed by atoms with E-state index >= 15 is 0 Å². The van der Waals surface area contributed by atoms with E-state index in [2.05, 4.69) is 14.6 Å². The first kappa shape index (κ1) is 21.4. The highest BCUT2D eigenvalue weighted by atomic mass is 32.2. The van der Waals surface area contributed by atoms with E-state index in [1.807, 2.05) is 30.3 Å². The lowest BCUT2D eigenvalue weighted by Gasteiger charge is -2.32. The molecular weight excluding hydrogens is 414 g/mol. The molecule has 1 fully saturated rings. The number of carbonyl (C=O) groups is 1. The van der Waals surface area contributed by atoms with Crippen molar-refractivity contribution in [2.75, 3.05) is 31.1 Å². The van der Waals surface area contributed by atoms with Crippen LogP contribution < -0.4 is 9.62 Å². The van der Waals surface area contributed by atoms with Crippen LogP contribution in [0.5, 0.6) is 0 Å². The van der Waals surface area contributed by atoms with Gasteiger partial charge >= 0.3 is 0 Å². The first-order valence-corrected chi connectivity index (χ1v) is 11.8. The molecule has 1 aromatic heterocycles. The number of sulfonamides is 1. The van der Waals surface area contributed by atoms with Gasteiger partial charge in [0.1, 0.15) is 12.4 Å². The highest BCUT2D eigenvalue weighted by Crippen LogP contribution is 2.23. The van der Waals surface area contributed by atoms with Crippen LogP contribution in [0.2, 0.25) is 0 Å². The third-order valence-electron chi connectivity index (χ3n) is 5.75. The molecule has 2 N–H and O–H groups in total. The number of aromatic nitrogens is 1. The second-order valence-corrected chi connectivity index (χ2v) is 9.54. The molecule has 3 aromatic rings. The zero-order valence-electron chi connectivity index (χ0n) is 17.1. The number of aliphatic hydroxyl groups is 1. The van der Waals surface area contributed by atoms with Crippen molar-refractivity contribution in [3.8, 4) is 0 Å². The van der Waals surface area contributed by atoms with E-state index < -0.39 is 16.6 Å². The Bertz CT molecular complexity index is 1170. The Kier molecular flexibility index (Phi) is 6.31. The summed E-state index contributed by atoms with van der Waals surface area (Å²) >= 11 is 0. The first-order valence-electron chi connectivity index (χ1n) is 10.3. The van der Waals surface area contributed by atoms with E-state index in [1.165, 1.54) is 6.20 Å². The van der Waals surface area contributed by atoms with Gasteiger partial charge in [-0.2, -0.15) is 0 Å². The predicted octanol–water partition coefficient (Wildman–Crippen LogP) is 2.60. The zero-order chi connectivity index (χ0) is 21.8. The number of aliphatic hydroxyl groups excluding tert-OH is 1. The number of benzene rings is 2. The van der Waals surface area contributed by atoms with Crippen LogP contribution in [0.3, 0.4) is 0 Å². The van der Waals surface area contributed by atoms with Crippen molar-refractivity contribution in [3.63, 3.8) is 0 Å². The number of pyridine rings is 1. The van der Waals surface area contributed by atoms with Crippen molar-refractivity contribution in [3.05, 3.63) is 66.4 Å². The Morgan fingerprint density at radius 3 is 2.48 bits per heavy atom. The van der Waals surface area contributed by atoms with Crippen molar-refractivity contribution in [1.82, 2.24) is 9.71 Å². The lowest BCUT2D eigenvalue weighted by Crippen LogP contribution is -2.39. The number of fused-ring (bicyclic) bond motifs is 1. The predicted molar refractivity (Wildman–Crippen MR) is 120 cm³/mol. The van der Waals surface area contributed by atoms with Crippen LogP contribution in [0.25, 0.3) is 10.8 Å². The summed E-state index contributed by atoms with van der Waals surface area (Å²) in [6.45, 7) is 1.41. The van der Waals surface area contributed by atoms with Gasteiger partial charge in [-0.3, -0.25) is 4.79 Å². The fraction of sp³-hybridized carbons (Fsp3) is 0.304. The highest BCUT2D eigenvalue weighted by molar-refractivity contribution is 7.89. The molecule has 0 bridgehead atoms. The molecule has 2 aromatic carbocycles. The van der Waals surface area contributed by atoms with Gasteiger partial charge in [0, 0.05) is 31.4 Å². The average molecular weight is 440 g/mol. The summed E-state index contributed by atoms with van der Waals surface area (Å²) in [5.74, 6) is 0.683. The smallest absolute Gasteiger partial charge is 0.240 e. The molecule has 4 rings (SSSR count). The summed E-state index contributed by atoms with van der Waals surface area (Å²) in [7, 11) is -3.56. The lowest BCUT2D eigenvalue weighted by molar-refractivity contribution is 0.0903. The number of ketones is 1. The Balaban J connectivity index is 1.32. The molecule has 0 radical (unpaired) electrons. The minimum Gasteiger partial charge on any atom is -0.388 e. The molecule has 7 nitrogen and oxygen atoms in total. The number of hydrogen-bond donors (Lipinski definition) is 2. The standard InChI is InChI=1S/C23H25N3O4S/c27-16-22(28)20-6-8-23(24-15-20)26-11-9-17(10-12-26)14-25-31(29,30)21-7-5-18-3-1-2-4-19(18)13-21/h1-8,13,15,17,25,27H,9-12,14,16H2. The number of rotatable bonds is 7. The van der Waals surface area contributed by atoms with Gasteiger partial charge in [-0.25, -0.2) is 18.1 Å². The second kappa shape index (κ2) is 9.13. The van der Waals surface area contributed by atoms with E-state index in [0.717, 1.165) is 42.5 Å². The second-order valence-electron chi connectivity index (χ2n) is 7.78. The third kappa shape index (κ3) is 4.92. The van der Waals surface area contributed by atoms with Crippen molar-refractivity contribution >= 4 is 32.4 Å². The van der Waals surface area contributed by atoms with Gasteiger partial charge in [0.2, 0.25) is 10.0 Å². The van der Waals surface area contributed by atoms with Gasteiger partial charge in [-0.1, -0.05) is 30.3 Å². The van der Waals surface area contributed by atoms with Gasteiger partial charge in [0.15, 0.2) is 5.78 Å². The molecule has 0 atom stereocenters. The summed E-state index contributed by atoms with van der Waals surface area (Å²) < 4.78 is 28.2. The molecule has 1 saturated heterocycles. The maximum absolute atomic E-state index is 12.7. The molecule has 8 heteroatoms. The van der Waals surface area contributed by atoms with Gasteiger partial charge in [-0.05, 0) is 53.8 Å². The molecular formula is C23H25N3O4S. The van der Waals surface area contributed by atoms with Crippen LogP contribution in [-0.2, 0) is 10.0 Å². The highest BCUT2D eigenvalue weighted by Gasteiger charge is 2.23. The van der Waals surface area contributed by atoms with E-state index in [9.17, 15) is 13.2 Å². The molecule has 0 spiro atoms. The fourth-order valence-corrected chi connectivity index (χ4v) is 4.99. The van der Waals surface area contributed by atoms with E-state index in [4.69, 9.17) is 5.11 Å². The van der Waals surface area contributed by atoms with E-state index in [0.29, 0.717) is 12.1 Å².